The van der Waals surface area contributed by atoms with Gasteiger partial charge in [0.15, 0.2) is 0 Å². The first-order valence-electron chi connectivity index (χ1n) is 9.92. The SMILES string of the molecule is CCC(C)c1ccc2c(c1)C(C)(C)c1c-2ccc2oc3c(c12)C=CCC3. The van der Waals surface area contributed by atoms with Gasteiger partial charge in [0.05, 0.1) is 0 Å². The van der Waals surface area contributed by atoms with Crippen molar-refractivity contribution in [1.29, 1.82) is 0 Å². The molecule has 2 aromatic carbocycles. The first-order valence-corrected chi connectivity index (χ1v) is 9.92. The molecule has 3 aromatic rings. The number of aryl methyl sites for hydroxylation is 1. The molecule has 0 bridgehead atoms. The lowest BCUT2D eigenvalue weighted by Gasteiger charge is -2.24. The van der Waals surface area contributed by atoms with E-state index in [9.17, 15) is 0 Å². The first kappa shape index (κ1) is 15.9. The monoisotopic (exact) mass is 342 g/mol. The summed E-state index contributed by atoms with van der Waals surface area (Å²) in [6.07, 6.45) is 7.83. The molecule has 0 spiro atoms. The van der Waals surface area contributed by atoms with Crippen LogP contribution in [-0.2, 0) is 11.8 Å². The zero-order valence-electron chi connectivity index (χ0n) is 16.1. The van der Waals surface area contributed by atoms with Crippen molar-refractivity contribution in [2.24, 2.45) is 0 Å². The summed E-state index contributed by atoms with van der Waals surface area (Å²) in [4.78, 5) is 0. The van der Waals surface area contributed by atoms with Crippen molar-refractivity contribution in [2.75, 3.05) is 0 Å². The molecular weight excluding hydrogens is 316 g/mol. The fraction of sp³-hybridized carbons (Fsp3) is 0.360. The molecule has 1 heteroatoms. The highest BCUT2D eigenvalue weighted by molar-refractivity contribution is 6.00. The van der Waals surface area contributed by atoms with Crippen LogP contribution in [-0.4, -0.2) is 0 Å². The van der Waals surface area contributed by atoms with Gasteiger partial charge in [-0.05, 0) is 52.6 Å². The second kappa shape index (κ2) is 5.36. The molecule has 2 aliphatic rings. The average molecular weight is 342 g/mol. The van der Waals surface area contributed by atoms with Crippen LogP contribution in [0.3, 0.4) is 0 Å². The molecular formula is C25H26O. The molecule has 0 amide bonds. The zero-order valence-corrected chi connectivity index (χ0v) is 16.1. The number of furan rings is 1. The largest absolute Gasteiger partial charge is 0.460 e. The van der Waals surface area contributed by atoms with E-state index >= 15 is 0 Å². The van der Waals surface area contributed by atoms with E-state index < -0.39 is 0 Å². The molecule has 0 radical (unpaired) electrons. The van der Waals surface area contributed by atoms with Crippen molar-refractivity contribution >= 4 is 17.0 Å². The van der Waals surface area contributed by atoms with Crippen LogP contribution in [0.2, 0.25) is 0 Å². The molecule has 1 aromatic heterocycles. The van der Waals surface area contributed by atoms with Crippen molar-refractivity contribution in [3.63, 3.8) is 0 Å². The average Bonchev–Trinajstić information content (AvgIpc) is 3.14. The molecule has 0 fully saturated rings. The molecule has 1 unspecified atom stereocenters. The second-order valence-corrected chi connectivity index (χ2v) is 8.48. The third-order valence-corrected chi connectivity index (χ3v) is 6.61. The third-order valence-electron chi connectivity index (χ3n) is 6.61. The Bertz CT molecular complexity index is 1060. The summed E-state index contributed by atoms with van der Waals surface area (Å²) in [5.41, 5.74) is 9.50. The van der Waals surface area contributed by atoms with Crippen LogP contribution >= 0.6 is 0 Å². The molecule has 1 atom stereocenters. The smallest absolute Gasteiger partial charge is 0.135 e. The normalized spacial score (nSPS) is 17.8. The fourth-order valence-electron chi connectivity index (χ4n) is 4.91. The van der Waals surface area contributed by atoms with E-state index in [4.69, 9.17) is 4.42 Å². The standard InChI is InChI=1S/C25H26O/c1-5-15(2)16-10-11-17-18-12-13-22-23(19-8-6-7-9-21(19)26-22)24(18)25(3,4)20(17)14-16/h6,8,10-15H,5,7,9H2,1-4H3. The van der Waals surface area contributed by atoms with Gasteiger partial charge in [-0.2, -0.15) is 0 Å². The molecule has 2 aliphatic carbocycles. The van der Waals surface area contributed by atoms with Gasteiger partial charge in [-0.1, -0.05) is 64.1 Å². The van der Waals surface area contributed by atoms with Crippen LogP contribution in [0.4, 0.5) is 0 Å². The highest BCUT2D eigenvalue weighted by Crippen LogP contribution is 2.53. The van der Waals surface area contributed by atoms with Gasteiger partial charge in [-0.15, -0.1) is 0 Å². The maximum atomic E-state index is 6.24. The Kier molecular flexibility index (Phi) is 3.28. The lowest BCUT2D eigenvalue weighted by molar-refractivity contribution is 0.546. The predicted octanol–water partition coefficient (Wildman–Crippen LogP) is 7.21. The number of hydrogen-bond acceptors (Lipinski definition) is 1. The van der Waals surface area contributed by atoms with Crippen LogP contribution in [0.5, 0.6) is 0 Å². The maximum absolute atomic E-state index is 6.24. The summed E-state index contributed by atoms with van der Waals surface area (Å²) in [6, 6.07) is 11.6. The quantitative estimate of drug-likeness (QED) is 0.479. The third kappa shape index (κ3) is 1.97. The summed E-state index contributed by atoms with van der Waals surface area (Å²) in [7, 11) is 0. The van der Waals surface area contributed by atoms with E-state index in [1.165, 1.54) is 45.2 Å². The summed E-state index contributed by atoms with van der Waals surface area (Å²) >= 11 is 0. The van der Waals surface area contributed by atoms with E-state index in [-0.39, 0.29) is 5.41 Å². The number of rotatable bonds is 2. The Morgan fingerprint density at radius 2 is 1.92 bits per heavy atom. The molecule has 0 saturated heterocycles. The van der Waals surface area contributed by atoms with Crippen molar-refractivity contribution in [1.82, 2.24) is 0 Å². The second-order valence-electron chi connectivity index (χ2n) is 8.48. The van der Waals surface area contributed by atoms with Gasteiger partial charge >= 0.3 is 0 Å². The van der Waals surface area contributed by atoms with Crippen LogP contribution in [0.25, 0.3) is 28.2 Å². The highest BCUT2D eigenvalue weighted by atomic mass is 16.3. The Labute approximate surface area is 155 Å². The molecule has 132 valence electrons. The van der Waals surface area contributed by atoms with E-state index in [0.717, 1.165) is 24.2 Å². The molecule has 0 N–H and O–H groups in total. The summed E-state index contributed by atoms with van der Waals surface area (Å²) in [5.74, 6) is 1.76. The van der Waals surface area contributed by atoms with Gasteiger partial charge in [-0.3, -0.25) is 0 Å². The first-order chi connectivity index (χ1) is 12.5. The van der Waals surface area contributed by atoms with Crippen LogP contribution in [0, 0.1) is 0 Å². The van der Waals surface area contributed by atoms with Gasteiger partial charge in [0.25, 0.3) is 0 Å². The minimum Gasteiger partial charge on any atom is -0.460 e. The topological polar surface area (TPSA) is 13.1 Å². The Morgan fingerprint density at radius 1 is 1.12 bits per heavy atom. The van der Waals surface area contributed by atoms with Crippen LogP contribution < -0.4 is 0 Å². The van der Waals surface area contributed by atoms with Crippen molar-refractivity contribution in [2.45, 2.75) is 58.3 Å². The van der Waals surface area contributed by atoms with Crippen molar-refractivity contribution in [3.05, 3.63) is 64.4 Å². The lowest BCUT2D eigenvalue weighted by Crippen LogP contribution is -2.16. The maximum Gasteiger partial charge on any atom is 0.135 e. The number of allylic oxidation sites excluding steroid dienone is 1. The number of fused-ring (bicyclic) bond motifs is 7. The Hall–Kier alpha value is -2.28. The minimum absolute atomic E-state index is 0.00339. The number of hydrogen-bond donors (Lipinski definition) is 0. The van der Waals surface area contributed by atoms with E-state index in [1.54, 1.807) is 0 Å². The van der Waals surface area contributed by atoms with Crippen molar-refractivity contribution < 1.29 is 4.42 Å². The van der Waals surface area contributed by atoms with Gasteiger partial charge < -0.3 is 4.42 Å². The van der Waals surface area contributed by atoms with E-state index in [2.05, 4.69) is 70.2 Å². The minimum atomic E-state index is -0.00339. The molecule has 0 saturated carbocycles. The van der Waals surface area contributed by atoms with Crippen molar-refractivity contribution in [3.8, 4) is 11.1 Å². The van der Waals surface area contributed by atoms with Gasteiger partial charge in [0.2, 0.25) is 0 Å². The van der Waals surface area contributed by atoms with E-state index in [1.807, 2.05) is 0 Å². The zero-order chi connectivity index (χ0) is 18.1. The lowest BCUT2D eigenvalue weighted by atomic mass is 9.79. The summed E-state index contributed by atoms with van der Waals surface area (Å²) in [5, 5.41) is 1.33. The van der Waals surface area contributed by atoms with Gasteiger partial charge in [0, 0.05) is 22.8 Å². The van der Waals surface area contributed by atoms with Crippen LogP contribution in [0.1, 0.15) is 74.5 Å². The molecule has 1 heterocycles. The van der Waals surface area contributed by atoms with E-state index in [0.29, 0.717) is 5.92 Å². The number of benzene rings is 2. The molecule has 1 nitrogen and oxygen atoms in total. The van der Waals surface area contributed by atoms with Crippen LogP contribution in [0.15, 0.2) is 40.8 Å². The Balaban J connectivity index is 1.81. The highest BCUT2D eigenvalue weighted by Gasteiger charge is 2.38. The Morgan fingerprint density at radius 3 is 2.73 bits per heavy atom. The summed E-state index contributed by atoms with van der Waals surface area (Å²) < 4.78 is 6.24. The predicted molar refractivity (Wildman–Crippen MR) is 110 cm³/mol. The molecule has 5 rings (SSSR count). The summed E-state index contributed by atoms with van der Waals surface area (Å²) in [6.45, 7) is 9.35. The fourth-order valence-corrected chi connectivity index (χ4v) is 4.91. The molecule has 26 heavy (non-hydrogen) atoms. The molecule has 0 aliphatic heterocycles. The van der Waals surface area contributed by atoms with Gasteiger partial charge in [-0.25, -0.2) is 0 Å². The van der Waals surface area contributed by atoms with Gasteiger partial charge in [0.1, 0.15) is 11.3 Å².